The molecular formula is C24H25FN2O2. The third kappa shape index (κ3) is 4.04. The number of ether oxygens (including phenoxy) is 1. The number of amides is 1. The van der Waals surface area contributed by atoms with Crippen LogP contribution in [0.25, 0.3) is 10.8 Å². The highest BCUT2D eigenvalue weighted by Gasteiger charge is 2.28. The average molecular weight is 392 g/mol. The molecule has 0 radical (unpaired) electrons. The molecule has 5 heteroatoms. The van der Waals surface area contributed by atoms with Crippen LogP contribution in [0.2, 0.25) is 0 Å². The Balaban J connectivity index is 1.44. The first kappa shape index (κ1) is 19.2. The van der Waals surface area contributed by atoms with E-state index in [1.165, 1.54) is 6.07 Å². The first-order valence-electron chi connectivity index (χ1n) is 10.1. The summed E-state index contributed by atoms with van der Waals surface area (Å²) in [4.78, 5) is 16.9. The van der Waals surface area contributed by atoms with Gasteiger partial charge in [0.2, 0.25) is 0 Å². The Morgan fingerprint density at radius 1 is 0.966 bits per heavy atom. The number of piperazine rings is 1. The lowest BCUT2D eigenvalue weighted by molar-refractivity contribution is -0.139. The van der Waals surface area contributed by atoms with Gasteiger partial charge < -0.3 is 14.5 Å². The predicted octanol–water partition coefficient (Wildman–Crippen LogP) is 4.49. The fraction of sp³-hybridized carbons (Fsp3) is 0.292. The van der Waals surface area contributed by atoms with Gasteiger partial charge in [0.25, 0.3) is 5.91 Å². The molecule has 0 spiro atoms. The Hall–Kier alpha value is -3.08. The lowest BCUT2D eigenvalue weighted by atomic mass is 10.1. The Morgan fingerprint density at radius 3 is 2.41 bits per heavy atom. The second-order valence-electron chi connectivity index (χ2n) is 7.26. The second kappa shape index (κ2) is 8.52. The van der Waals surface area contributed by atoms with E-state index in [1.54, 1.807) is 12.1 Å². The number of fused-ring (bicyclic) bond motifs is 1. The third-order valence-electron chi connectivity index (χ3n) is 5.45. The van der Waals surface area contributed by atoms with Crippen LogP contribution in [0.4, 0.5) is 10.1 Å². The van der Waals surface area contributed by atoms with Crippen molar-refractivity contribution in [2.75, 3.05) is 31.1 Å². The Kier molecular flexibility index (Phi) is 5.65. The number of carbonyl (C=O) groups excluding carboxylic acids is 1. The van der Waals surface area contributed by atoms with E-state index in [-0.39, 0.29) is 11.7 Å². The number of carbonyl (C=O) groups is 1. The number of nitrogens with zero attached hydrogens (tertiary/aromatic N) is 2. The van der Waals surface area contributed by atoms with Crippen molar-refractivity contribution in [3.63, 3.8) is 0 Å². The van der Waals surface area contributed by atoms with Crippen LogP contribution in [0.5, 0.6) is 5.75 Å². The molecule has 1 atom stereocenters. The smallest absolute Gasteiger partial charge is 0.263 e. The monoisotopic (exact) mass is 392 g/mol. The van der Waals surface area contributed by atoms with Crippen LogP contribution in [0.3, 0.4) is 0 Å². The standard InChI is InChI=1S/C24H25FN2O2/c1-2-22(29-23-13-7-9-18-8-3-4-10-19(18)23)24(28)27-16-14-26(15-17-27)21-12-6-5-11-20(21)25/h3-13,22H,2,14-17H2,1H3. The fourth-order valence-corrected chi connectivity index (χ4v) is 3.84. The van der Waals surface area contributed by atoms with Gasteiger partial charge in [-0.1, -0.05) is 55.5 Å². The maximum Gasteiger partial charge on any atom is 0.263 e. The summed E-state index contributed by atoms with van der Waals surface area (Å²) in [5.74, 6) is 0.500. The highest BCUT2D eigenvalue weighted by atomic mass is 19.1. The van der Waals surface area contributed by atoms with Crippen molar-refractivity contribution in [1.82, 2.24) is 4.90 Å². The number of benzene rings is 3. The molecule has 0 bridgehead atoms. The van der Waals surface area contributed by atoms with Gasteiger partial charge in [0, 0.05) is 31.6 Å². The van der Waals surface area contributed by atoms with Gasteiger partial charge in [-0.2, -0.15) is 0 Å². The van der Waals surface area contributed by atoms with Crippen LogP contribution in [0.1, 0.15) is 13.3 Å². The van der Waals surface area contributed by atoms with Crippen LogP contribution in [0, 0.1) is 5.82 Å². The topological polar surface area (TPSA) is 32.8 Å². The van der Waals surface area contributed by atoms with Crippen LogP contribution in [-0.4, -0.2) is 43.1 Å². The molecule has 1 unspecified atom stereocenters. The van der Waals surface area contributed by atoms with E-state index in [2.05, 4.69) is 0 Å². The molecule has 0 aliphatic carbocycles. The molecule has 3 aromatic rings. The molecule has 4 nitrogen and oxygen atoms in total. The van der Waals surface area contributed by atoms with Crippen molar-refractivity contribution >= 4 is 22.4 Å². The van der Waals surface area contributed by atoms with Crippen molar-refractivity contribution in [2.24, 2.45) is 0 Å². The summed E-state index contributed by atoms with van der Waals surface area (Å²) in [5, 5.41) is 2.09. The van der Waals surface area contributed by atoms with Crippen LogP contribution >= 0.6 is 0 Å². The zero-order chi connectivity index (χ0) is 20.2. The molecule has 1 fully saturated rings. The van der Waals surface area contributed by atoms with E-state index in [4.69, 9.17) is 4.74 Å². The molecular weight excluding hydrogens is 367 g/mol. The summed E-state index contributed by atoms with van der Waals surface area (Å²) in [6.07, 6.45) is 0.0658. The quantitative estimate of drug-likeness (QED) is 0.642. The summed E-state index contributed by atoms with van der Waals surface area (Å²) in [5.41, 5.74) is 0.596. The zero-order valence-corrected chi connectivity index (χ0v) is 16.6. The molecule has 1 saturated heterocycles. The van der Waals surface area contributed by atoms with Crippen molar-refractivity contribution in [3.05, 3.63) is 72.5 Å². The van der Waals surface area contributed by atoms with E-state index in [0.29, 0.717) is 38.3 Å². The minimum absolute atomic E-state index is 0.00591. The molecule has 1 amide bonds. The van der Waals surface area contributed by atoms with Gasteiger partial charge in [0.05, 0.1) is 5.69 Å². The van der Waals surface area contributed by atoms with E-state index in [9.17, 15) is 9.18 Å². The minimum Gasteiger partial charge on any atom is -0.480 e. The molecule has 4 rings (SSSR count). The number of halogens is 1. The van der Waals surface area contributed by atoms with Crippen LogP contribution in [-0.2, 0) is 4.79 Å². The fourth-order valence-electron chi connectivity index (χ4n) is 3.84. The van der Waals surface area contributed by atoms with Gasteiger partial charge in [-0.05, 0) is 30.0 Å². The number of rotatable bonds is 5. The van der Waals surface area contributed by atoms with Gasteiger partial charge in [-0.25, -0.2) is 4.39 Å². The van der Waals surface area contributed by atoms with Crippen LogP contribution < -0.4 is 9.64 Å². The molecule has 0 N–H and O–H groups in total. The summed E-state index contributed by atoms with van der Waals surface area (Å²) in [6, 6.07) is 20.7. The SMILES string of the molecule is CCC(Oc1cccc2ccccc12)C(=O)N1CCN(c2ccccc2F)CC1. The van der Waals surface area contributed by atoms with Crippen LogP contribution in [0.15, 0.2) is 66.7 Å². The highest BCUT2D eigenvalue weighted by molar-refractivity contribution is 5.89. The Bertz CT molecular complexity index is 994. The molecule has 150 valence electrons. The van der Waals surface area contributed by atoms with Gasteiger partial charge >= 0.3 is 0 Å². The highest BCUT2D eigenvalue weighted by Crippen LogP contribution is 2.27. The van der Waals surface area contributed by atoms with Crippen molar-refractivity contribution in [2.45, 2.75) is 19.4 Å². The Morgan fingerprint density at radius 2 is 1.66 bits per heavy atom. The number of hydrogen-bond acceptors (Lipinski definition) is 3. The van der Waals surface area contributed by atoms with Gasteiger partial charge in [0.1, 0.15) is 11.6 Å². The van der Waals surface area contributed by atoms with E-state index >= 15 is 0 Å². The number of para-hydroxylation sites is 1. The van der Waals surface area contributed by atoms with Gasteiger partial charge in [0.15, 0.2) is 6.10 Å². The molecule has 3 aromatic carbocycles. The van der Waals surface area contributed by atoms with Crippen molar-refractivity contribution in [3.8, 4) is 5.75 Å². The summed E-state index contributed by atoms with van der Waals surface area (Å²) in [7, 11) is 0. The van der Waals surface area contributed by atoms with Gasteiger partial charge in [-0.3, -0.25) is 4.79 Å². The van der Waals surface area contributed by atoms with Crippen molar-refractivity contribution in [1.29, 1.82) is 0 Å². The number of hydrogen-bond donors (Lipinski definition) is 0. The molecule has 29 heavy (non-hydrogen) atoms. The summed E-state index contributed by atoms with van der Waals surface area (Å²) >= 11 is 0. The molecule has 1 aliphatic heterocycles. The lowest BCUT2D eigenvalue weighted by Gasteiger charge is -2.37. The van der Waals surface area contributed by atoms with E-state index in [0.717, 1.165) is 16.5 Å². The van der Waals surface area contributed by atoms with Gasteiger partial charge in [-0.15, -0.1) is 0 Å². The third-order valence-corrected chi connectivity index (χ3v) is 5.45. The van der Waals surface area contributed by atoms with E-state index in [1.807, 2.05) is 65.3 Å². The Labute approximate surface area is 170 Å². The zero-order valence-electron chi connectivity index (χ0n) is 16.6. The normalized spacial score (nSPS) is 15.4. The summed E-state index contributed by atoms with van der Waals surface area (Å²) < 4.78 is 20.2. The minimum atomic E-state index is -0.527. The number of anilines is 1. The maximum absolute atomic E-state index is 14.0. The lowest BCUT2D eigenvalue weighted by Crippen LogP contribution is -2.52. The summed E-state index contributed by atoms with van der Waals surface area (Å²) in [6.45, 7) is 4.29. The second-order valence-corrected chi connectivity index (χ2v) is 7.26. The van der Waals surface area contributed by atoms with E-state index < -0.39 is 6.10 Å². The predicted molar refractivity (Wildman–Crippen MR) is 114 cm³/mol. The molecule has 1 aliphatic rings. The molecule has 1 heterocycles. The average Bonchev–Trinajstić information content (AvgIpc) is 2.77. The van der Waals surface area contributed by atoms with Crippen molar-refractivity contribution < 1.29 is 13.9 Å². The molecule has 0 aromatic heterocycles. The maximum atomic E-state index is 14.0. The first-order valence-corrected chi connectivity index (χ1v) is 10.1. The molecule has 0 saturated carbocycles. The first-order chi connectivity index (χ1) is 14.2. The largest absolute Gasteiger partial charge is 0.480 e.